The fourth-order valence-electron chi connectivity index (χ4n) is 5.10. The third kappa shape index (κ3) is 3.86. The number of nitrogens with zero attached hydrogens (tertiary/aromatic N) is 5. The molecule has 1 N–H and O–H groups in total. The van der Waals surface area contributed by atoms with E-state index in [9.17, 15) is 9.50 Å². The van der Waals surface area contributed by atoms with Crippen LogP contribution in [0.1, 0.15) is 24.8 Å². The Hall–Kier alpha value is -3.96. The van der Waals surface area contributed by atoms with Gasteiger partial charge < -0.3 is 19.6 Å². The van der Waals surface area contributed by atoms with Crippen molar-refractivity contribution in [2.75, 3.05) is 38.2 Å². The van der Waals surface area contributed by atoms with Crippen LogP contribution in [-0.2, 0) is 0 Å². The molecule has 7 nitrogen and oxygen atoms in total. The molecular weight excluding hydrogens is 457 g/mol. The fourth-order valence-corrected chi connectivity index (χ4v) is 5.10. The van der Waals surface area contributed by atoms with Crippen LogP contribution in [0, 0.1) is 18.2 Å². The molecule has 0 spiro atoms. The Morgan fingerprint density at radius 3 is 2.75 bits per heavy atom. The summed E-state index contributed by atoms with van der Waals surface area (Å²) in [6.07, 6.45) is 10.8. The van der Waals surface area contributed by atoms with Gasteiger partial charge in [0.2, 0.25) is 0 Å². The lowest BCUT2D eigenvalue weighted by Crippen LogP contribution is -2.37. The zero-order chi connectivity index (χ0) is 24.8. The van der Waals surface area contributed by atoms with Gasteiger partial charge in [0.15, 0.2) is 0 Å². The second-order valence-corrected chi connectivity index (χ2v) is 9.50. The number of fused-ring (bicyclic) bond motifs is 2. The monoisotopic (exact) mass is 483 g/mol. The highest BCUT2D eigenvalue weighted by Crippen LogP contribution is 2.38. The zero-order valence-electron chi connectivity index (χ0n) is 20.0. The SMILES string of the molecule is C#Cc1c(F)ccc2cc(O)cc(-c3cc4nc(OCC5CCCN5C)ncc4c(N4CCC4)n3)c12. The minimum atomic E-state index is -0.490. The van der Waals surface area contributed by atoms with Crippen LogP contribution in [0.5, 0.6) is 11.8 Å². The summed E-state index contributed by atoms with van der Waals surface area (Å²) in [5, 5.41) is 12.4. The van der Waals surface area contributed by atoms with Crippen LogP contribution in [0.25, 0.3) is 32.9 Å². The minimum Gasteiger partial charge on any atom is -0.508 e. The lowest BCUT2D eigenvalue weighted by atomic mass is 9.96. The number of pyridine rings is 1. The molecule has 1 unspecified atom stereocenters. The van der Waals surface area contributed by atoms with Crippen molar-refractivity contribution < 1.29 is 14.2 Å². The summed E-state index contributed by atoms with van der Waals surface area (Å²) in [6, 6.07) is 8.57. The smallest absolute Gasteiger partial charge is 0.316 e. The van der Waals surface area contributed by atoms with Gasteiger partial charge in [-0.05, 0) is 62.5 Å². The van der Waals surface area contributed by atoms with Gasteiger partial charge >= 0.3 is 6.01 Å². The second-order valence-electron chi connectivity index (χ2n) is 9.50. The lowest BCUT2D eigenvalue weighted by molar-refractivity contribution is 0.188. The largest absolute Gasteiger partial charge is 0.508 e. The predicted octanol–water partition coefficient (Wildman–Crippen LogP) is 4.35. The Balaban J connectivity index is 1.50. The molecule has 0 radical (unpaired) electrons. The Morgan fingerprint density at radius 2 is 2.03 bits per heavy atom. The van der Waals surface area contributed by atoms with Gasteiger partial charge in [-0.25, -0.2) is 14.4 Å². The van der Waals surface area contributed by atoms with Gasteiger partial charge in [0, 0.05) is 36.3 Å². The number of hydrogen-bond acceptors (Lipinski definition) is 7. The van der Waals surface area contributed by atoms with Gasteiger partial charge in [-0.3, -0.25) is 0 Å². The topological polar surface area (TPSA) is 74.6 Å². The number of benzene rings is 2. The Morgan fingerprint density at radius 1 is 1.17 bits per heavy atom. The molecule has 1 atom stereocenters. The van der Waals surface area contributed by atoms with Crippen LogP contribution < -0.4 is 9.64 Å². The Bertz CT molecular complexity index is 1530. The van der Waals surface area contributed by atoms with E-state index in [0.717, 1.165) is 50.1 Å². The van der Waals surface area contributed by atoms with Gasteiger partial charge in [-0.15, -0.1) is 6.42 Å². The van der Waals surface area contributed by atoms with Crippen LogP contribution >= 0.6 is 0 Å². The molecule has 2 aromatic heterocycles. The molecule has 2 saturated heterocycles. The van der Waals surface area contributed by atoms with Crippen LogP contribution in [0.4, 0.5) is 10.2 Å². The molecule has 4 heterocycles. The zero-order valence-corrected chi connectivity index (χ0v) is 20.0. The van der Waals surface area contributed by atoms with Gasteiger partial charge in [-0.2, -0.15) is 4.98 Å². The molecule has 182 valence electrons. The molecular formula is C28H26FN5O2. The first-order valence-corrected chi connectivity index (χ1v) is 12.2. The first-order chi connectivity index (χ1) is 17.5. The van der Waals surface area contributed by atoms with E-state index in [2.05, 4.69) is 27.8 Å². The van der Waals surface area contributed by atoms with Crippen molar-refractivity contribution >= 4 is 27.5 Å². The van der Waals surface area contributed by atoms with Crippen molar-refractivity contribution in [3.8, 4) is 35.4 Å². The normalized spacial score (nSPS) is 17.9. The van der Waals surface area contributed by atoms with Crippen molar-refractivity contribution in [3.63, 3.8) is 0 Å². The summed E-state index contributed by atoms with van der Waals surface area (Å²) in [4.78, 5) is 18.6. The second kappa shape index (κ2) is 8.92. The minimum absolute atomic E-state index is 0.0480. The van der Waals surface area contributed by atoms with Gasteiger partial charge in [0.1, 0.15) is 24.0 Å². The standard InChI is InChI=1S/C28H26FN5O2/c1-3-20-23(29)8-7-17-12-19(35)13-21(26(17)20)24-14-25-22(27(31-24)34-10-5-11-34)15-30-28(32-25)36-16-18-6-4-9-33(18)2/h1,7-8,12-15,18,35H,4-6,9-11,16H2,2H3. The molecule has 36 heavy (non-hydrogen) atoms. The number of phenols is 1. The maximum absolute atomic E-state index is 14.7. The first kappa shape index (κ1) is 22.5. The number of ether oxygens (including phenoxy) is 1. The first-order valence-electron chi connectivity index (χ1n) is 12.2. The molecule has 8 heteroatoms. The van der Waals surface area contributed by atoms with Crippen molar-refractivity contribution in [3.05, 3.63) is 47.9 Å². The molecule has 2 fully saturated rings. The quantitative estimate of drug-likeness (QED) is 0.423. The highest BCUT2D eigenvalue weighted by Gasteiger charge is 2.24. The molecule has 0 aliphatic carbocycles. The van der Waals surface area contributed by atoms with E-state index >= 15 is 0 Å². The van der Waals surface area contributed by atoms with E-state index in [1.54, 1.807) is 24.4 Å². The number of hydrogen-bond donors (Lipinski definition) is 1. The highest BCUT2D eigenvalue weighted by atomic mass is 19.1. The number of rotatable bonds is 5. The maximum atomic E-state index is 14.7. The summed E-state index contributed by atoms with van der Waals surface area (Å²) >= 11 is 0. The van der Waals surface area contributed by atoms with Crippen LogP contribution in [0.15, 0.2) is 36.5 Å². The number of likely N-dealkylation sites (tertiary alicyclic amines) is 1. The van der Waals surface area contributed by atoms with E-state index in [0.29, 0.717) is 46.2 Å². The number of anilines is 1. The fraction of sp³-hybridized carbons (Fsp3) is 0.321. The number of phenolic OH excluding ortho intramolecular Hbond substituents is 1. The summed E-state index contributed by atoms with van der Waals surface area (Å²) in [5.41, 5.74) is 1.91. The molecule has 4 aromatic rings. The van der Waals surface area contributed by atoms with Gasteiger partial charge in [-0.1, -0.05) is 12.0 Å². The van der Waals surface area contributed by atoms with Crippen molar-refractivity contribution in [1.29, 1.82) is 0 Å². The molecule has 0 amide bonds. The van der Waals surface area contributed by atoms with Crippen LogP contribution in [-0.4, -0.2) is 64.3 Å². The third-order valence-electron chi connectivity index (χ3n) is 7.24. The molecule has 0 bridgehead atoms. The van der Waals surface area contributed by atoms with Gasteiger partial charge in [0.25, 0.3) is 0 Å². The van der Waals surface area contributed by atoms with Crippen molar-refractivity contribution in [1.82, 2.24) is 19.9 Å². The summed E-state index contributed by atoms with van der Waals surface area (Å²) in [7, 11) is 2.10. The number of terminal acetylenes is 1. The molecule has 6 rings (SSSR count). The number of aromatic nitrogens is 3. The van der Waals surface area contributed by atoms with E-state index in [1.165, 1.54) is 6.07 Å². The van der Waals surface area contributed by atoms with Crippen molar-refractivity contribution in [2.24, 2.45) is 0 Å². The summed E-state index contributed by atoms with van der Waals surface area (Å²) in [5.74, 6) is 2.79. The molecule has 0 saturated carbocycles. The number of halogens is 1. The molecule has 2 aliphatic rings. The number of likely N-dealkylation sites (N-methyl/N-ethyl adjacent to an activating group) is 1. The van der Waals surface area contributed by atoms with E-state index in [4.69, 9.17) is 21.1 Å². The Kier molecular flexibility index (Phi) is 5.57. The van der Waals surface area contributed by atoms with Gasteiger partial charge in [0.05, 0.1) is 22.2 Å². The van der Waals surface area contributed by atoms with Crippen molar-refractivity contribution in [2.45, 2.75) is 25.3 Å². The predicted molar refractivity (Wildman–Crippen MR) is 138 cm³/mol. The summed E-state index contributed by atoms with van der Waals surface area (Å²) < 4.78 is 20.6. The third-order valence-corrected chi connectivity index (χ3v) is 7.24. The summed E-state index contributed by atoms with van der Waals surface area (Å²) in [6.45, 7) is 3.35. The molecule has 2 aliphatic heterocycles. The van der Waals surface area contributed by atoms with E-state index < -0.39 is 5.82 Å². The lowest BCUT2D eigenvalue weighted by Gasteiger charge is -2.33. The average Bonchev–Trinajstić information content (AvgIpc) is 3.25. The van der Waals surface area contributed by atoms with Crippen LogP contribution in [0.3, 0.4) is 0 Å². The van der Waals surface area contributed by atoms with E-state index in [-0.39, 0.29) is 11.3 Å². The number of aromatic hydroxyl groups is 1. The average molecular weight is 484 g/mol. The highest BCUT2D eigenvalue weighted by molar-refractivity contribution is 6.03. The van der Waals surface area contributed by atoms with Crippen LogP contribution in [0.2, 0.25) is 0 Å². The molecule has 2 aromatic carbocycles. The Labute approximate surface area is 208 Å². The maximum Gasteiger partial charge on any atom is 0.316 e. The van der Waals surface area contributed by atoms with E-state index in [1.807, 2.05) is 6.07 Å².